The molecule has 26 heavy (non-hydrogen) atoms. The van der Waals surface area contributed by atoms with Crippen LogP contribution in [0.4, 0.5) is 0 Å². The second kappa shape index (κ2) is 8.84. The molecule has 0 bridgehead atoms. The van der Waals surface area contributed by atoms with E-state index in [9.17, 15) is 4.79 Å². The van der Waals surface area contributed by atoms with E-state index in [1.807, 2.05) is 12.1 Å². The molecule has 1 spiro atoms. The molecule has 4 rings (SSSR count). The van der Waals surface area contributed by atoms with Crippen molar-refractivity contribution in [1.82, 2.24) is 25.4 Å². The van der Waals surface area contributed by atoms with E-state index in [1.54, 1.807) is 11.0 Å². The van der Waals surface area contributed by atoms with E-state index in [0.29, 0.717) is 13.1 Å². The number of nitrogens with zero attached hydrogens (tertiary/aromatic N) is 3. The predicted octanol–water partition coefficient (Wildman–Crippen LogP) is 2.18. The summed E-state index contributed by atoms with van der Waals surface area (Å²) in [6, 6.07) is 8.18. The number of piperidine rings is 1. The van der Waals surface area contributed by atoms with Crippen LogP contribution >= 0.6 is 24.8 Å². The van der Waals surface area contributed by atoms with Crippen LogP contribution in [0.5, 0.6) is 0 Å². The number of hydrogen-bond donors (Lipinski definition) is 2. The van der Waals surface area contributed by atoms with E-state index in [2.05, 4.69) is 32.8 Å². The molecule has 1 aliphatic carbocycles. The van der Waals surface area contributed by atoms with Crippen molar-refractivity contribution in [3.05, 3.63) is 48.0 Å². The third-order valence-corrected chi connectivity index (χ3v) is 5.48. The minimum absolute atomic E-state index is 0. The second-order valence-corrected chi connectivity index (χ2v) is 6.95. The van der Waals surface area contributed by atoms with Crippen molar-refractivity contribution in [3.8, 4) is 0 Å². The molecule has 8 heteroatoms. The number of carbonyl (C=O) groups excluding carboxylic acids is 1. The van der Waals surface area contributed by atoms with Crippen molar-refractivity contribution in [2.45, 2.75) is 32.4 Å². The Bertz CT molecular complexity index is 716. The van der Waals surface area contributed by atoms with Crippen LogP contribution in [0.25, 0.3) is 0 Å². The van der Waals surface area contributed by atoms with Crippen molar-refractivity contribution in [3.63, 3.8) is 0 Å². The Morgan fingerprint density at radius 3 is 2.65 bits per heavy atom. The van der Waals surface area contributed by atoms with Crippen molar-refractivity contribution < 1.29 is 4.79 Å². The van der Waals surface area contributed by atoms with Gasteiger partial charge in [-0.05, 0) is 48.9 Å². The Morgan fingerprint density at radius 1 is 1.23 bits per heavy atom. The molecule has 6 nitrogen and oxygen atoms in total. The van der Waals surface area contributed by atoms with Crippen molar-refractivity contribution in [1.29, 1.82) is 0 Å². The van der Waals surface area contributed by atoms with Crippen molar-refractivity contribution in [2.24, 2.45) is 11.3 Å². The first-order valence-electron chi connectivity index (χ1n) is 8.64. The Morgan fingerprint density at radius 2 is 1.96 bits per heavy atom. The van der Waals surface area contributed by atoms with Gasteiger partial charge in [0, 0.05) is 12.5 Å². The van der Waals surface area contributed by atoms with Gasteiger partial charge in [-0.2, -0.15) is 5.10 Å². The van der Waals surface area contributed by atoms with E-state index in [-0.39, 0.29) is 42.1 Å². The maximum absolute atomic E-state index is 12.5. The van der Waals surface area contributed by atoms with Crippen LogP contribution in [0, 0.1) is 11.3 Å². The summed E-state index contributed by atoms with van der Waals surface area (Å²) >= 11 is 0. The van der Waals surface area contributed by atoms with Gasteiger partial charge in [0.2, 0.25) is 5.91 Å². The standard InChI is InChI=1S/C18H23N5O.2ClH/c24-17(16-9-18(16)5-7-19-8-6-18)21-10-14-3-1-2-4-15(14)11-23-13-20-12-22-23;;/h1-4,12-13,16,19H,5-11H2,(H,21,24);2*1H. The van der Waals surface area contributed by atoms with Crippen LogP contribution in [-0.4, -0.2) is 33.8 Å². The molecule has 142 valence electrons. The fourth-order valence-corrected chi connectivity index (χ4v) is 3.87. The van der Waals surface area contributed by atoms with Crippen molar-refractivity contribution in [2.75, 3.05) is 13.1 Å². The smallest absolute Gasteiger partial charge is 0.223 e. The van der Waals surface area contributed by atoms with Gasteiger partial charge >= 0.3 is 0 Å². The molecule has 1 aromatic heterocycles. The number of amides is 1. The molecule has 2 N–H and O–H groups in total. The third kappa shape index (κ3) is 4.37. The van der Waals surface area contributed by atoms with Crippen LogP contribution in [0.3, 0.4) is 0 Å². The number of benzene rings is 1. The van der Waals surface area contributed by atoms with Gasteiger partial charge in [-0.15, -0.1) is 24.8 Å². The molecule has 0 radical (unpaired) electrons. The number of carbonyl (C=O) groups is 1. The summed E-state index contributed by atoms with van der Waals surface area (Å²) < 4.78 is 1.80. The number of rotatable bonds is 5. The van der Waals surface area contributed by atoms with Gasteiger partial charge < -0.3 is 10.6 Å². The summed E-state index contributed by atoms with van der Waals surface area (Å²) in [6.07, 6.45) is 6.57. The van der Waals surface area contributed by atoms with Crippen LogP contribution in [0.1, 0.15) is 30.4 Å². The lowest BCUT2D eigenvalue weighted by atomic mass is 9.92. The normalized spacial score (nSPS) is 19.9. The summed E-state index contributed by atoms with van der Waals surface area (Å²) in [4.78, 5) is 16.5. The summed E-state index contributed by atoms with van der Waals surface area (Å²) in [5, 5.41) is 10.7. The minimum Gasteiger partial charge on any atom is -0.352 e. The lowest BCUT2D eigenvalue weighted by Gasteiger charge is -2.23. The number of hydrogen-bond acceptors (Lipinski definition) is 4. The highest BCUT2D eigenvalue weighted by atomic mass is 35.5. The van der Waals surface area contributed by atoms with Crippen LogP contribution in [-0.2, 0) is 17.9 Å². The monoisotopic (exact) mass is 397 g/mol. The van der Waals surface area contributed by atoms with Gasteiger partial charge in [0.25, 0.3) is 0 Å². The molecule has 1 aliphatic heterocycles. The summed E-state index contributed by atoms with van der Waals surface area (Å²) in [5.74, 6) is 0.425. The Hall–Kier alpha value is -1.63. The quantitative estimate of drug-likeness (QED) is 0.810. The van der Waals surface area contributed by atoms with E-state index >= 15 is 0 Å². The molecule has 2 heterocycles. The Labute approximate surface area is 166 Å². The van der Waals surface area contributed by atoms with Crippen LogP contribution < -0.4 is 10.6 Å². The summed E-state index contributed by atoms with van der Waals surface area (Å²) in [5.41, 5.74) is 2.59. The average molecular weight is 398 g/mol. The lowest BCUT2D eigenvalue weighted by Crippen LogP contribution is -2.33. The molecule has 1 saturated heterocycles. The predicted molar refractivity (Wildman–Crippen MR) is 105 cm³/mol. The first-order chi connectivity index (χ1) is 11.8. The van der Waals surface area contributed by atoms with Gasteiger partial charge in [0.1, 0.15) is 12.7 Å². The highest BCUT2D eigenvalue weighted by Crippen LogP contribution is 2.58. The zero-order valence-corrected chi connectivity index (χ0v) is 16.2. The molecular formula is C18H25Cl2N5O. The van der Waals surface area contributed by atoms with Gasteiger partial charge in [0.15, 0.2) is 0 Å². The van der Waals surface area contributed by atoms with Crippen LogP contribution in [0.15, 0.2) is 36.9 Å². The number of aromatic nitrogens is 3. The topological polar surface area (TPSA) is 71.8 Å². The van der Waals surface area contributed by atoms with E-state index < -0.39 is 0 Å². The Balaban J connectivity index is 0.00000121. The van der Waals surface area contributed by atoms with E-state index in [1.165, 1.54) is 6.33 Å². The Kier molecular flexibility index (Phi) is 7.03. The van der Waals surface area contributed by atoms with Gasteiger partial charge in [-0.25, -0.2) is 9.67 Å². The second-order valence-electron chi connectivity index (χ2n) is 6.95. The average Bonchev–Trinajstić information content (AvgIpc) is 3.05. The highest BCUT2D eigenvalue weighted by Gasteiger charge is 2.57. The first kappa shape index (κ1) is 20.7. The zero-order valence-electron chi connectivity index (χ0n) is 14.6. The molecule has 1 atom stereocenters. The molecular weight excluding hydrogens is 373 g/mol. The fraction of sp³-hybridized carbons (Fsp3) is 0.500. The number of halogens is 2. The molecule has 1 saturated carbocycles. The minimum atomic E-state index is 0. The maximum atomic E-state index is 12.5. The number of nitrogens with one attached hydrogen (secondary N) is 2. The summed E-state index contributed by atoms with van der Waals surface area (Å²) in [6.45, 7) is 3.34. The summed E-state index contributed by atoms with van der Waals surface area (Å²) in [7, 11) is 0. The third-order valence-electron chi connectivity index (χ3n) is 5.48. The van der Waals surface area contributed by atoms with Crippen molar-refractivity contribution >= 4 is 30.7 Å². The lowest BCUT2D eigenvalue weighted by molar-refractivity contribution is -0.123. The fourth-order valence-electron chi connectivity index (χ4n) is 3.87. The molecule has 1 aromatic carbocycles. The maximum Gasteiger partial charge on any atom is 0.223 e. The largest absolute Gasteiger partial charge is 0.352 e. The van der Waals surface area contributed by atoms with Gasteiger partial charge in [-0.1, -0.05) is 24.3 Å². The van der Waals surface area contributed by atoms with Gasteiger partial charge in [0.05, 0.1) is 6.54 Å². The first-order valence-corrected chi connectivity index (χ1v) is 8.64. The molecule has 1 amide bonds. The van der Waals surface area contributed by atoms with Crippen LogP contribution in [0.2, 0.25) is 0 Å². The van der Waals surface area contributed by atoms with E-state index in [0.717, 1.165) is 43.5 Å². The van der Waals surface area contributed by atoms with E-state index in [4.69, 9.17) is 0 Å². The molecule has 2 aliphatic rings. The van der Waals surface area contributed by atoms with Gasteiger partial charge in [-0.3, -0.25) is 4.79 Å². The highest BCUT2D eigenvalue weighted by molar-refractivity contribution is 5.85. The SMILES string of the molecule is Cl.Cl.O=C(NCc1ccccc1Cn1cncn1)C1CC12CCNCC2. The molecule has 2 aromatic rings. The molecule has 1 unspecified atom stereocenters. The zero-order chi connectivity index (χ0) is 16.4. The molecule has 2 fully saturated rings.